The summed E-state index contributed by atoms with van der Waals surface area (Å²) in [5.74, 6) is -0.273. The maximum Gasteiger partial charge on any atom is 0.318 e. The van der Waals surface area contributed by atoms with E-state index >= 15 is 0 Å². The smallest absolute Gasteiger partial charge is 0.318 e. The number of quaternary nitrogens is 1. The summed E-state index contributed by atoms with van der Waals surface area (Å²) in [6.07, 6.45) is 1.74. The molecule has 0 aromatic heterocycles. The summed E-state index contributed by atoms with van der Waals surface area (Å²) in [5, 5.41) is 17.6. The summed E-state index contributed by atoms with van der Waals surface area (Å²) in [5.41, 5.74) is -0.966. The van der Waals surface area contributed by atoms with E-state index in [0.717, 1.165) is 13.1 Å². The minimum atomic E-state index is -0.828. The summed E-state index contributed by atoms with van der Waals surface area (Å²) >= 11 is 0. The van der Waals surface area contributed by atoms with Crippen molar-refractivity contribution < 1.29 is 19.6 Å². The molecule has 4 N–H and O–H groups in total. The van der Waals surface area contributed by atoms with Gasteiger partial charge in [0.05, 0.1) is 32.4 Å². The number of amides is 3. The molecule has 8 nitrogen and oxygen atoms in total. The first-order chi connectivity index (χ1) is 12.2. The predicted molar refractivity (Wildman–Crippen MR) is 96.2 cm³/mol. The molecule has 0 bridgehead atoms. The molecule has 1 unspecified atom stereocenters. The van der Waals surface area contributed by atoms with Gasteiger partial charge in [-0.15, -0.1) is 0 Å². The van der Waals surface area contributed by atoms with Gasteiger partial charge >= 0.3 is 6.03 Å². The molecule has 0 aliphatic carbocycles. The lowest BCUT2D eigenvalue weighted by atomic mass is 9.86. The number of piperidine rings is 1. The first-order valence-electron chi connectivity index (χ1n) is 9.43. The number of hydrogen-bond donors (Lipinski definition) is 3. The Morgan fingerprint density at radius 3 is 2.42 bits per heavy atom. The van der Waals surface area contributed by atoms with Gasteiger partial charge in [0.1, 0.15) is 11.6 Å². The Hall–Kier alpha value is -1.85. The molecule has 26 heavy (non-hydrogen) atoms. The van der Waals surface area contributed by atoms with Crippen LogP contribution < -0.4 is 16.0 Å². The average Bonchev–Trinajstić information content (AvgIpc) is 2.61. The van der Waals surface area contributed by atoms with Gasteiger partial charge in [-0.1, -0.05) is 20.8 Å². The summed E-state index contributed by atoms with van der Waals surface area (Å²) in [6.45, 7) is 9.80. The standard InChI is InChI=1S/C18H31N5O3/c1-17(2,3)12-14(21-16(25)23-8-10-26-11-9-23)15(24)22-18(13-19)4-6-20-7-5-18/h14,20H,4-12H2,1-3H3,(H,21,25)(H,22,24)/p+1. The second-order valence-electron chi connectivity index (χ2n) is 8.42. The monoisotopic (exact) mass is 366 g/mol. The molecule has 2 saturated heterocycles. The van der Waals surface area contributed by atoms with Crippen LogP contribution in [0, 0.1) is 16.7 Å². The van der Waals surface area contributed by atoms with E-state index in [1.807, 2.05) is 20.8 Å². The van der Waals surface area contributed by atoms with Crippen molar-refractivity contribution in [1.82, 2.24) is 15.5 Å². The van der Waals surface area contributed by atoms with E-state index in [1.54, 1.807) is 4.90 Å². The van der Waals surface area contributed by atoms with E-state index in [-0.39, 0.29) is 17.4 Å². The van der Waals surface area contributed by atoms with Crippen molar-refractivity contribution >= 4 is 11.9 Å². The first-order valence-corrected chi connectivity index (χ1v) is 9.43. The van der Waals surface area contributed by atoms with Crippen LogP contribution in [-0.2, 0) is 9.53 Å². The molecular weight excluding hydrogens is 334 g/mol. The third-order valence-electron chi connectivity index (χ3n) is 4.86. The average molecular weight is 366 g/mol. The van der Waals surface area contributed by atoms with Gasteiger partial charge in [0, 0.05) is 25.9 Å². The van der Waals surface area contributed by atoms with E-state index < -0.39 is 11.6 Å². The molecule has 0 spiro atoms. The molecule has 2 rings (SSSR count). The number of rotatable bonds is 4. The van der Waals surface area contributed by atoms with Gasteiger partial charge < -0.3 is 25.6 Å². The Bertz CT molecular complexity index is 540. The van der Waals surface area contributed by atoms with Crippen molar-refractivity contribution in [2.45, 2.75) is 51.6 Å². The molecule has 0 aromatic rings. The highest BCUT2D eigenvalue weighted by molar-refractivity contribution is 5.87. The van der Waals surface area contributed by atoms with Crippen molar-refractivity contribution in [2.24, 2.45) is 5.41 Å². The van der Waals surface area contributed by atoms with Crippen LogP contribution >= 0.6 is 0 Å². The van der Waals surface area contributed by atoms with Crippen molar-refractivity contribution in [1.29, 1.82) is 5.26 Å². The van der Waals surface area contributed by atoms with Crippen LogP contribution in [0.4, 0.5) is 4.79 Å². The minimum Gasteiger partial charge on any atom is -0.378 e. The van der Waals surface area contributed by atoms with E-state index in [0.29, 0.717) is 45.6 Å². The Morgan fingerprint density at radius 1 is 1.27 bits per heavy atom. The zero-order valence-electron chi connectivity index (χ0n) is 16.1. The van der Waals surface area contributed by atoms with E-state index in [1.165, 1.54) is 0 Å². The van der Waals surface area contributed by atoms with Crippen LogP contribution in [0.1, 0.15) is 40.0 Å². The van der Waals surface area contributed by atoms with Crippen LogP contribution in [-0.4, -0.2) is 67.8 Å². The largest absolute Gasteiger partial charge is 0.378 e. The van der Waals surface area contributed by atoms with Crippen LogP contribution in [0.3, 0.4) is 0 Å². The van der Waals surface area contributed by atoms with Gasteiger partial charge in [0.2, 0.25) is 5.91 Å². The molecule has 146 valence electrons. The second kappa shape index (κ2) is 8.69. The Kier molecular flexibility index (Phi) is 6.84. The molecule has 0 saturated carbocycles. The molecule has 0 aromatic carbocycles. The van der Waals surface area contributed by atoms with Crippen molar-refractivity contribution in [3.05, 3.63) is 0 Å². The highest BCUT2D eigenvalue weighted by Gasteiger charge is 2.38. The molecule has 2 heterocycles. The quantitative estimate of drug-likeness (QED) is 0.627. The minimum absolute atomic E-state index is 0.138. The first kappa shape index (κ1) is 20.5. The number of nitrogens with zero attached hydrogens (tertiary/aromatic N) is 2. The lowest BCUT2D eigenvalue weighted by Gasteiger charge is -2.34. The number of hydrogen-bond acceptors (Lipinski definition) is 4. The van der Waals surface area contributed by atoms with Crippen LogP contribution in [0.15, 0.2) is 0 Å². The lowest BCUT2D eigenvalue weighted by Crippen LogP contribution is -2.88. The summed E-state index contributed by atoms with van der Waals surface area (Å²) in [6, 6.07) is 1.38. The SMILES string of the molecule is CC(C)(C)CC(NC(=O)N1CCOCC1)C(=O)NC1(C#N)CC[NH2+]CC1. The number of nitriles is 1. The number of nitrogens with one attached hydrogen (secondary N) is 2. The summed E-state index contributed by atoms with van der Waals surface area (Å²) < 4.78 is 5.27. The normalized spacial score (nSPS) is 21.4. The third-order valence-corrected chi connectivity index (χ3v) is 4.86. The molecule has 2 aliphatic rings. The number of urea groups is 1. The number of nitrogens with two attached hydrogens (primary N) is 1. The molecule has 2 fully saturated rings. The molecule has 0 radical (unpaired) electrons. The fourth-order valence-electron chi connectivity index (χ4n) is 3.38. The fraction of sp³-hybridized carbons (Fsp3) is 0.833. The number of morpholine rings is 1. The summed E-state index contributed by atoms with van der Waals surface area (Å²) in [7, 11) is 0. The maximum absolute atomic E-state index is 12.9. The zero-order valence-corrected chi connectivity index (χ0v) is 16.1. The number of ether oxygens (including phenoxy) is 1. The van der Waals surface area contributed by atoms with Crippen molar-refractivity contribution in [3.8, 4) is 6.07 Å². The second-order valence-corrected chi connectivity index (χ2v) is 8.42. The third kappa shape index (κ3) is 5.85. The van der Waals surface area contributed by atoms with Gasteiger partial charge in [0.25, 0.3) is 0 Å². The van der Waals surface area contributed by atoms with Gasteiger partial charge in [0.15, 0.2) is 0 Å². The van der Waals surface area contributed by atoms with Crippen molar-refractivity contribution in [3.63, 3.8) is 0 Å². The summed E-state index contributed by atoms with van der Waals surface area (Å²) in [4.78, 5) is 27.2. The van der Waals surface area contributed by atoms with Gasteiger partial charge in [-0.3, -0.25) is 4.79 Å². The molecule has 2 aliphatic heterocycles. The molecule has 1 atom stereocenters. The Morgan fingerprint density at radius 2 is 1.88 bits per heavy atom. The van der Waals surface area contributed by atoms with Crippen LogP contribution in [0.25, 0.3) is 0 Å². The van der Waals surface area contributed by atoms with Crippen LogP contribution in [0.5, 0.6) is 0 Å². The van der Waals surface area contributed by atoms with Crippen LogP contribution in [0.2, 0.25) is 0 Å². The van der Waals surface area contributed by atoms with Crippen molar-refractivity contribution in [2.75, 3.05) is 39.4 Å². The number of carbonyl (C=O) groups is 2. The highest BCUT2D eigenvalue weighted by atomic mass is 16.5. The predicted octanol–water partition coefficient (Wildman–Crippen LogP) is -0.431. The van der Waals surface area contributed by atoms with E-state index in [9.17, 15) is 14.9 Å². The van der Waals surface area contributed by atoms with E-state index in [2.05, 4.69) is 22.0 Å². The number of carbonyl (C=O) groups excluding carboxylic acids is 2. The zero-order chi connectivity index (χ0) is 19.2. The fourth-order valence-corrected chi connectivity index (χ4v) is 3.38. The van der Waals surface area contributed by atoms with Gasteiger partial charge in [-0.2, -0.15) is 5.26 Å². The molecule has 8 heteroatoms. The lowest BCUT2D eigenvalue weighted by molar-refractivity contribution is -0.664. The topological polar surface area (TPSA) is 111 Å². The molecule has 3 amide bonds. The van der Waals surface area contributed by atoms with E-state index in [4.69, 9.17) is 4.74 Å². The van der Waals surface area contributed by atoms with Gasteiger partial charge in [-0.25, -0.2) is 4.79 Å². The maximum atomic E-state index is 12.9. The highest BCUT2D eigenvalue weighted by Crippen LogP contribution is 2.22. The molecular formula is C18H32N5O3+. The Labute approximate surface area is 155 Å². The Balaban J connectivity index is 2.06. The van der Waals surface area contributed by atoms with Gasteiger partial charge in [-0.05, 0) is 11.8 Å².